The van der Waals surface area contributed by atoms with E-state index in [2.05, 4.69) is 44.8 Å². The van der Waals surface area contributed by atoms with Gasteiger partial charge in [0.2, 0.25) is 0 Å². The lowest BCUT2D eigenvalue weighted by molar-refractivity contribution is -0.121. The zero-order chi connectivity index (χ0) is 16.1. The van der Waals surface area contributed by atoms with Crippen molar-refractivity contribution in [3.8, 4) is 0 Å². The summed E-state index contributed by atoms with van der Waals surface area (Å²) in [4.78, 5) is 19.4. The quantitative estimate of drug-likeness (QED) is 0.726. The van der Waals surface area contributed by atoms with E-state index in [1.165, 1.54) is 9.75 Å². The van der Waals surface area contributed by atoms with Crippen LogP contribution in [0.5, 0.6) is 0 Å². The van der Waals surface area contributed by atoms with Crippen LogP contribution in [0.15, 0.2) is 35.0 Å². The predicted octanol–water partition coefficient (Wildman–Crippen LogP) is 4.06. The largest absolute Gasteiger partial charge is 0.301 e. The van der Waals surface area contributed by atoms with Crippen molar-refractivity contribution in [3.05, 3.63) is 44.8 Å². The van der Waals surface area contributed by atoms with Crippen LogP contribution in [0.25, 0.3) is 0 Å². The average molecular weight is 337 g/mol. The third-order valence-corrected chi connectivity index (χ3v) is 5.78. The van der Waals surface area contributed by atoms with E-state index in [-0.39, 0.29) is 12.1 Å². The maximum Gasteiger partial charge on any atom is 0.136 e. The van der Waals surface area contributed by atoms with Crippen LogP contribution in [0.3, 0.4) is 0 Å². The molecule has 120 valence electrons. The smallest absolute Gasteiger partial charge is 0.136 e. The normalized spacial score (nSPS) is 14.5. The Balaban J connectivity index is 2.04. The fraction of sp³-hybridized carbons (Fsp3) is 0.471. The molecular weight excluding hydrogens is 312 g/mol. The van der Waals surface area contributed by atoms with Crippen molar-refractivity contribution in [2.45, 2.75) is 24.9 Å². The van der Waals surface area contributed by atoms with Crippen LogP contribution < -0.4 is 0 Å². The minimum atomic E-state index is 0.179. The SMILES string of the molecule is CN(C)[C@@H](CC(=O)C[C@@H](c1cccs1)N(C)C)c1cccs1. The maximum atomic E-state index is 12.6. The molecule has 0 fully saturated rings. The van der Waals surface area contributed by atoms with Crippen LogP contribution in [0.2, 0.25) is 0 Å². The standard InChI is InChI=1S/C17H24N2OS2/c1-18(2)14(16-7-5-9-21-16)11-13(20)12-15(19(3)4)17-8-6-10-22-17/h5-10,14-15H,11-12H2,1-4H3/t14-,15-/m0/s1. The van der Waals surface area contributed by atoms with Gasteiger partial charge in [-0.25, -0.2) is 0 Å². The Morgan fingerprint density at radius 2 is 1.32 bits per heavy atom. The first-order valence-corrected chi connectivity index (χ1v) is 9.16. The summed E-state index contributed by atoms with van der Waals surface area (Å²) >= 11 is 3.44. The molecule has 0 amide bonds. The Morgan fingerprint density at radius 1 is 0.909 bits per heavy atom. The van der Waals surface area contributed by atoms with E-state index in [1.54, 1.807) is 22.7 Å². The Labute approximate surface area is 141 Å². The number of ketones is 1. The summed E-state index contributed by atoms with van der Waals surface area (Å²) in [5.74, 6) is 0.319. The molecule has 0 spiro atoms. The van der Waals surface area contributed by atoms with Crippen molar-refractivity contribution >= 4 is 28.5 Å². The molecule has 0 radical (unpaired) electrons. The Hall–Kier alpha value is -1.01. The molecule has 5 heteroatoms. The van der Waals surface area contributed by atoms with E-state index in [1.807, 2.05) is 28.2 Å². The lowest BCUT2D eigenvalue weighted by atomic mass is 10.0. The second-order valence-electron chi connectivity index (χ2n) is 5.94. The number of carbonyl (C=O) groups is 1. The molecule has 0 saturated carbocycles. The number of hydrogen-bond acceptors (Lipinski definition) is 5. The highest BCUT2D eigenvalue weighted by Crippen LogP contribution is 2.31. The highest BCUT2D eigenvalue weighted by atomic mass is 32.1. The molecule has 2 aromatic rings. The molecular formula is C17H24N2OS2. The summed E-state index contributed by atoms with van der Waals surface area (Å²) in [5, 5.41) is 4.15. The second kappa shape index (κ2) is 8.02. The molecule has 0 N–H and O–H groups in total. The number of thiophene rings is 2. The van der Waals surface area contributed by atoms with Crippen LogP contribution in [0.1, 0.15) is 34.7 Å². The van der Waals surface area contributed by atoms with Crippen LogP contribution in [-0.4, -0.2) is 43.8 Å². The zero-order valence-electron chi connectivity index (χ0n) is 13.7. The molecule has 0 bridgehead atoms. The van der Waals surface area contributed by atoms with Crippen LogP contribution in [-0.2, 0) is 4.79 Å². The number of nitrogens with zero attached hydrogens (tertiary/aromatic N) is 2. The van der Waals surface area contributed by atoms with E-state index >= 15 is 0 Å². The highest BCUT2D eigenvalue weighted by molar-refractivity contribution is 7.10. The van der Waals surface area contributed by atoms with Crippen LogP contribution >= 0.6 is 22.7 Å². The summed E-state index contributed by atoms with van der Waals surface area (Å²) in [7, 11) is 8.17. The van der Waals surface area contributed by atoms with Gasteiger partial charge in [-0.1, -0.05) is 12.1 Å². The third kappa shape index (κ3) is 4.49. The topological polar surface area (TPSA) is 23.6 Å². The summed E-state index contributed by atoms with van der Waals surface area (Å²) in [6.45, 7) is 0. The second-order valence-corrected chi connectivity index (χ2v) is 7.90. The van der Waals surface area contributed by atoms with Gasteiger partial charge in [-0.05, 0) is 51.1 Å². The average Bonchev–Trinajstić information content (AvgIpc) is 3.14. The van der Waals surface area contributed by atoms with Gasteiger partial charge in [0.1, 0.15) is 5.78 Å². The van der Waals surface area contributed by atoms with E-state index in [0.717, 1.165) is 0 Å². The molecule has 0 saturated heterocycles. The summed E-state index contributed by atoms with van der Waals surface area (Å²) in [6, 6.07) is 8.69. The van der Waals surface area contributed by atoms with Gasteiger partial charge in [-0.3, -0.25) is 4.79 Å². The van der Waals surface area contributed by atoms with E-state index < -0.39 is 0 Å². The van der Waals surface area contributed by atoms with Gasteiger partial charge in [-0.2, -0.15) is 0 Å². The summed E-state index contributed by atoms with van der Waals surface area (Å²) in [6.07, 6.45) is 1.15. The molecule has 0 aliphatic carbocycles. The Bertz CT molecular complexity index is 511. The van der Waals surface area contributed by atoms with Crippen LogP contribution in [0, 0.1) is 0 Å². The van der Waals surface area contributed by atoms with Gasteiger partial charge in [0.15, 0.2) is 0 Å². The third-order valence-electron chi connectivity index (χ3n) is 3.83. The number of carbonyl (C=O) groups excluding carboxylic acids is 1. The maximum absolute atomic E-state index is 12.6. The molecule has 2 atom stereocenters. The summed E-state index contributed by atoms with van der Waals surface area (Å²) in [5.41, 5.74) is 0. The molecule has 2 heterocycles. The van der Waals surface area contributed by atoms with Crippen LogP contribution in [0.4, 0.5) is 0 Å². The lowest BCUT2D eigenvalue weighted by Crippen LogP contribution is -2.26. The van der Waals surface area contributed by atoms with Gasteiger partial charge >= 0.3 is 0 Å². The molecule has 0 unspecified atom stereocenters. The lowest BCUT2D eigenvalue weighted by Gasteiger charge is -2.26. The predicted molar refractivity (Wildman–Crippen MR) is 95.7 cm³/mol. The van der Waals surface area contributed by atoms with Gasteiger partial charge in [0, 0.05) is 22.6 Å². The number of Topliss-reactive ketones (excluding diaryl/α,β-unsaturated/α-hetero) is 1. The molecule has 0 aromatic carbocycles. The summed E-state index contributed by atoms with van der Waals surface area (Å²) < 4.78 is 0. The van der Waals surface area contributed by atoms with Crippen molar-refractivity contribution in [1.82, 2.24) is 9.80 Å². The molecule has 0 aliphatic rings. The van der Waals surface area contributed by atoms with Crippen molar-refractivity contribution in [1.29, 1.82) is 0 Å². The minimum Gasteiger partial charge on any atom is -0.301 e. The number of hydrogen-bond donors (Lipinski definition) is 0. The van der Waals surface area contributed by atoms with Crippen molar-refractivity contribution in [3.63, 3.8) is 0 Å². The first kappa shape index (κ1) is 17.3. The van der Waals surface area contributed by atoms with E-state index in [9.17, 15) is 4.79 Å². The van der Waals surface area contributed by atoms with Crippen molar-refractivity contribution in [2.75, 3.05) is 28.2 Å². The molecule has 2 aromatic heterocycles. The van der Waals surface area contributed by atoms with E-state index in [0.29, 0.717) is 18.6 Å². The fourth-order valence-electron chi connectivity index (χ4n) is 2.55. The van der Waals surface area contributed by atoms with E-state index in [4.69, 9.17) is 0 Å². The zero-order valence-corrected chi connectivity index (χ0v) is 15.3. The van der Waals surface area contributed by atoms with Gasteiger partial charge < -0.3 is 9.80 Å². The van der Waals surface area contributed by atoms with Gasteiger partial charge in [-0.15, -0.1) is 22.7 Å². The number of rotatable bonds is 8. The monoisotopic (exact) mass is 336 g/mol. The van der Waals surface area contributed by atoms with Crippen molar-refractivity contribution < 1.29 is 4.79 Å². The Morgan fingerprint density at radius 3 is 1.59 bits per heavy atom. The van der Waals surface area contributed by atoms with Gasteiger partial charge in [0.25, 0.3) is 0 Å². The first-order valence-electron chi connectivity index (χ1n) is 7.40. The minimum absolute atomic E-state index is 0.179. The molecule has 22 heavy (non-hydrogen) atoms. The molecule has 2 rings (SSSR count). The first-order chi connectivity index (χ1) is 10.5. The van der Waals surface area contributed by atoms with Crippen molar-refractivity contribution in [2.24, 2.45) is 0 Å². The molecule has 3 nitrogen and oxygen atoms in total. The Kier molecular flexibility index (Phi) is 6.32. The van der Waals surface area contributed by atoms with Gasteiger partial charge in [0.05, 0.1) is 12.1 Å². The molecule has 0 aliphatic heterocycles. The fourth-order valence-corrected chi connectivity index (χ4v) is 4.40. The highest BCUT2D eigenvalue weighted by Gasteiger charge is 2.23.